The first kappa shape index (κ1) is 16.4. The molecule has 3 aromatic rings. The van der Waals surface area contributed by atoms with Crippen molar-refractivity contribution in [3.05, 3.63) is 52.7 Å². The van der Waals surface area contributed by atoms with Gasteiger partial charge < -0.3 is 10.6 Å². The zero-order chi connectivity index (χ0) is 16.9. The fourth-order valence-electron chi connectivity index (χ4n) is 2.47. The van der Waals surface area contributed by atoms with Gasteiger partial charge in [0.05, 0.1) is 5.39 Å². The molecule has 0 unspecified atom stereocenters. The summed E-state index contributed by atoms with van der Waals surface area (Å²) in [5, 5.41) is 7.29. The van der Waals surface area contributed by atoms with E-state index in [9.17, 15) is 4.79 Å². The Bertz CT molecular complexity index is 859. The fraction of sp³-hybridized carbons (Fsp3) is 0.278. The Hall–Kier alpha value is -2.47. The summed E-state index contributed by atoms with van der Waals surface area (Å²) in [4.78, 5) is 22.9. The standard InChI is InChI=1S/C18H20N4OS/c1-3-7-19-17(23)14-6-4-5-13(9-14)10-20-16-15-8-12(2)24-18(15)22-11-21-16/h4-6,8-9,11H,3,7,10H2,1-2H3,(H,19,23)(H,20,21,22). The monoisotopic (exact) mass is 340 g/mol. The molecule has 5 nitrogen and oxygen atoms in total. The van der Waals surface area contributed by atoms with Crippen LogP contribution in [-0.4, -0.2) is 22.4 Å². The SMILES string of the molecule is CCCNC(=O)c1cccc(CNc2ncnc3sc(C)cc23)c1. The largest absolute Gasteiger partial charge is 0.365 e. The van der Waals surface area contributed by atoms with Crippen LogP contribution >= 0.6 is 11.3 Å². The molecule has 0 bridgehead atoms. The number of aromatic nitrogens is 2. The van der Waals surface area contributed by atoms with E-state index < -0.39 is 0 Å². The smallest absolute Gasteiger partial charge is 0.251 e. The van der Waals surface area contributed by atoms with Gasteiger partial charge in [-0.2, -0.15) is 0 Å². The molecule has 0 aliphatic carbocycles. The molecule has 0 radical (unpaired) electrons. The Morgan fingerprint density at radius 3 is 2.96 bits per heavy atom. The number of carbonyl (C=O) groups is 1. The number of fused-ring (bicyclic) bond motifs is 1. The molecule has 124 valence electrons. The average molecular weight is 340 g/mol. The lowest BCUT2D eigenvalue weighted by Crippen LogP contribution is -2.24. The molecule has 3 rings (SSSR count). The Balaban J connectivity index is 1.73. The van der Waals surface area contributed by atoms with E-state index in [0.29, 0.717) is 18.7 Å². The number of nitrogens with one attached hydrogen (secondary N) is 2. The summed E-state index contributed by atoms with van der Waals surface area (Å²) in [5.74, 6) is 0.793. The summed E-state index contributed by atoms with van der Waals surface area (Å²) in [5.41, 5.74) is 1.72. The van der Waals surface area contributed by atoms with Crippen molar-refractivity contribution >= 4 is 33.3 Å². The minimum atomic E-state index is -0.0309. The van der Waals surface area contributed by atoms with Gasteiger partial charge in [0.2, 0.25) is 0 Å². The number of anilines is 1. The summed E-state index contributed by atoms with van der Waals surface area (Å²) < 4.78 is 0. The highest BCUT2D eigenvalue weighted by atomic mass is 32.1. The van der Waals surface area contributed by atoms with Crippen molar-refractivity contribution in [1.82, 2.24) is 15.3 Å². The lowest BCUT2D eigenvalue weighted by atomic mass is 10.1. The molecule has 0 aliphatic heterocycles. The van der Waals surface area contributed by atoms with Crippen LogP contribution < -0.4 is 10.6 Å². The normalized spacial score (nSPS) is 10.8. The number of rotatable bonds is 6. The molecule has 0 spiro atoms. The average Bonchev–Trinajstić information content (AvgIpc) is 2.98. The predicted octanol–water partition coefficient (Wildman–Crippen LogP) is 3.75. The maximum atomic E-state index is 12.1. The van der Waals surface area contributed by atoms with Crippen LogP contribution in [0.1, 0.15) is 34.1 Å². The van der Waals surface area contributed by atoms with E-state index in [4.69, 9.17) is 0 Å². The van der Waals surface area contributed by atoms with Gasteiger partial charge in [-0.1, -0.05) is 19.1 Å². The number of aryl methyl sites for hydroxylation is 1. The van der Waals surface area contributed by atoms with Crippen molar-refractivity contribution < 1.29 is 4.79 Å². The third-order valence-corrected chi connectivity index (χ3v) is 4.60. The number of hydrogen-bond acceptors (Lipinski definition) is 5. The molecule has 0 atom stereocenters. The van der Waals surface area contributed by atoms with E-state index >= 15 is 0 Å². The summed E-state index contributed by atoms with van der Waals surface area (Å²) in [7, 11) is 0. The fourth-order valence-corrected chi connectivity index (χ4v) is 3.31. The van der Waals surface area contributed by atoms with Gasteiger partial charge >= 0.3 is 0 Å². The highest BCUT2D eigenvalue weighted by molar-refractivity contribution is 7.18. The third kappa shape index (κ3) is 3.71. The Morgan fingerprint density at radius 1 is 1.25 bits per heavy atom. The van der Waals surface area contributed by atoms with Gasteiger partial charge in [0, 0.05) is 23.5 Å². The number of nitrogens with zero attached hydrogens (tertiary/aromatic N) is 2. The molecule has 0 fully saturated rings. The van der Waals surface area contributed by atoms with Crippen molar-refractivity contribution in [1.29, 1.82) is 0 Å². The van der Waals surface area contributed by atoms with Crippen LogP contribution in [0, 0.1) is 6.92 Å². The second-order valence-corrected chi connectivity index (χ2v) is 6.84. The molecule has 1 amide bonds. The molecule has 1 aromatic carbocycles. The molecule has 24 heavy (non-hydrogen) atoms. The van der Waals surface area contributed by atoms with Crippen LogP contribution in [0.5, 0.6) is 0 Å². The summed E-state index contributed by atoms with van der Waals surface area (Å²) in [6.45, 7) is 5.40. The number of thiophene rings is 1. The Kier molecular flexibility index (Phi) is 5.05. The Labute approximate surface area is 145 Å². The zero-order valence-corrected chi connectivity index (χ0v) is 14.6. The van der Waals surface area contributed by atoms with Gasteiger partial charge in [0.15, 0.2) is 0 Å². The Morgan fingerprint density at radius 2 is 2.12 bits per heavy atom. The molecule has 2 N–H and O–H groups in total. The van der Waals surface area contributed by atoms with E-state index in [-0.39, 0.29) is 5.91 Å². The summed E-state index contributed by atoms with van der Waals surface area (Å²) >= 11 is 1.66. The maximum absolute atomic E-state index is 12.1. The quantitative estimate of drug-likeness (QED) is 0.717. The lowest BCUT2D eigenvalue weighted by Gasteiger charge is -2.08. The van der Waals surface area contributed by atoms with Gasteiger partial charge in [0.25, 0.3) is 5.91 Å². The van der Waals surface area contributed by atoms with Crippen LogP contribution in [0.4, 0.5) is 5.82 Å². The molecule has 2 heterocycles. The molecular weight excluding hydrogens is 320 g/mol. The number of amides is 1. The summed E-state index contributed by atoms with van der Waals surface area (Å²) in [6.07, 6.45) is 2.51. The first-order valence-corrected chi connectivity index (χ1v) is 8.81. The van der Waals surface area contributed by atoms with E-state index in [0.717, 1.165) is 28.0 Å². The molecule has 6 heteroatoms. The van der Waals surface area contributed by atoms with Crippen molar-refractivity contribution in [2.24, 2.45) is 0 Å². The summed E-state index contributed by atoms with van der Waals surface area (Å²) in [6, 6.07) is 9.74. The van der Waals surface area contributed by atoms with Crippen molar-refractivity contribution in [3.63, 3.8) is 0 Å². The van der Waals surface area contributed by atoms with Crippen molar-refractivity contribution in [3.8, 4) is 0 Å². The predicted molar refractivity (Wildman–Crippen MR) is 98.5 cm³/mol. The van der Waals surface area contributed by atoms with Crippen LogP contribution in [0.15, 0.2) is 36.7 Å². The zero-order valence-electron chi connectivity index (χ0n) is 13.8. The van der Waals surface area contributed by atoms with Gasteiger partial charge in [-0.15, -0.1) is 11.3 Å². The van der Waals surface area contributed by atoms with Gasteiger partial charge in [-0.05, 0) is 37.1 Å². The van der Waals surface area contributed by atoms with Crippen LogP contribution in [0.3, 0.4) is 0 Å². The minimum Gasteiger partial charge on any atom is -0.365 e. The van der Waals surface area contributed by atoms with Crippen LogP contribution in [0.2, 0.25) is 0 Å². The third-order valence-electron chi connectivity index (χ3n) is 3.64. The first-order chi connectivity index (χ1) is 11.7. The number of carbonyl (C=O) groups excluding carboxylic acids is 1. The highest BCUT2D eigenvalue weighted by Gasteiger charge is 2.08. The molecular formula is C18H20N4OS. The minimum absolute atomic E-state index is 0.0309. The van der Waals surface area contributed by atoms with E-state index in [1.807, 2.05) is 31.2 Å². The second-order valence-electron chi connectivity index (χ2n) is 5.61. The van der Waals surface area contributed by atoms with E-state index in [1.54, 1.807) is 17.7 Å². The molecule has 0 aliphatic rings. The van der Waals surface area contributed by atoms with Crippen LogP contribution in [0.25, 0.3) is 10.2 Å². The van der Waals surface area contributed by atoms with Gasteiger partial charge in [0.1, 0.15) is 17.0 Å². The number of hydrogen-bond donors (Lipinski definition) is 2. The topological polar surface area (TPSA) is 66.9 Å². The number of benzene rings is 1. The van der Waals surface area contributed by atoms with E-state index in [2.05, 4.69) is 33.6 Å². The second kappa shape index (κ2) is 7.40. The van der Waals surface area contributed by atoms with Gasteiger partial charge in [-0.25, -0.2) is 9.97 Å². The lowest BCUT2D eigenvalue weighted by molar-refractivity contribution is 0.0953. The van der Waals surface area contributed by atoms with Gasteiger partial charge in [-0.3, -0.25) is 4.79 Å². The first-order valence-electron chi connectivity index (χ1n) is 7.99. The molecule has 0 saturated carbocycles. The van der Waals surface area contributed by atoms with Crippen LogP contribution in [-0.2, 0) is 6.54 Å². The van der Waals surface area contributed by atoms with Crippen molar-refractivity contribution in [2.45, 2.75) is 26.8 Å². The maximum Gasteiger partial charge on any atom is 0.251 e. The molecule has 0 saturated heterocycles. The van der Waals surface area contributed by atoms with E-state index in [1.165, 1.54) is 4.88 Å². The highest BCUT2D eigenvalue weighted by Crippen LogP contribution is 2.27. The van der Waals surface area contributed by atoms with Crippen molar-refractivity contribution in [2.75, 3.05) is 11.9 Å². The molecule has 2 aromatic heterocycles.